The zero-order valence-electron chi connectivity index (χ0n) is 13.3. The van der Waals surface area contributed by atoms with Gasteiger partial charge in [-0.15, -0.1) is 0 Å². The zero-order valence-corrected chi connectivity index (χ0v) is 13.3. The summed E-state index contributed by atoms with van der Waals surface area (Å²) < 4.78 is 3.54. The SMILES string of the molecule is CCCc1c(C)nn(C(=O)Cn2ccc3ccccc32)c1C. The van der Waals surface area contributed by atoms with Gasteiger partial charge in [0, 0.05) is 17.4 Å². The first-order valence-electron chi connectivity index (χ1n) is 7.74. The average Bonchev–Trinajstić information content (AvgIpc) is 3.04. The number of rotatable bonds is 4. The van der Waals surface area contributed by atoms with Crippen LogP contribution < -0.4 is 0 Å². The molecule has 3 aromatic rings. The van der Waals surface area contributed by atoms with Crippen molar-refractivity contribution in [3.05, 3.63) is 53.5 Å². The predicted molar refractivity (Wildman–Crippen MR) is 88.3 cm³/mol. The van der Waals surface area contributed by atoms with Crippen LogP contribution in [0.4, 0.5) is 0 Å². The third kappa shape index (κ3) is 2.45. The first-order valence-corrected chi connectivity index (χ1v) is 7.74. The summed E-state index contributed by atoms with van der Waals surface area (Å²) in [4.78, 5) is 12.6. The van der Waals surface area contributed by atoms with Gasteiger partial charge >= 0.3 is 0 Å². The van der Waals surface area contributed by atoms with Crippen molar-refractivity contribution in [3.63, 3.8) is 0 Å². The number of aryl methyl sites for hydroxylation is 1. The van der Waals surface area contributed by atoms with Crippen molar-refractivity contribution < 1.29 is 4.79 Å². The number of hydrogen-bond acceptors (Lipinski definition) is 2. The smallest absolute Gasteiger partial charge is 0.267 e. The minimum Gasteiger partial charge on any atom is -0.338 e. The molecule has 4 nitrogen and oxygen atoms in total. The van der Waals surface area contributed by atoms with E-state index >= 15 is 0 Å². The summed E-state index contributed by atoms with van der Waals surface area (Å²) in [7, 11) is 0. The molecular weight excluding hydrogens is 274 g/mol. The zero-order chi connectivity index (χ0) is 15.7. The molecule has 3 rings (SSSR count). The van der Waals surface area contributed by atoms with Gasteiger partial charge in [-0.05, 0) is 43.4 Å². The fourth-order valence-electron chi connectivity index (χ4n) is 3.02. The van der Waals surface area contributed by atoms with Crippen LogP contribution in [0.3, 0.4) is 0 Å². The fourth-order valence-corrected chi connectivity index (χ4v) is 3.02. The number of para-hydroxylation sites is 1. The van der Waals surface area contributed by atoms with Gasteiger partial charge in [0.1, 0.15) is 6.54 Å². The number of hydrogen-bond donors (Lipinski definition) is 0. The standard InChI is InChI=1S/C18H21N3O/c1-4-7-16-13(2)19-21(14(16)3)18(22)12-20-11-10-15-8-5-6-9-17(15)20/h5-6,8-11H,4,7,12H2,1-3H3. The summed E-state index contributed by atoms with van der Waals surface area (Å²) in [6, 6.07) is 10.1. The van der Waals surface area contributed by atoms with Gasteiger partial charge in [-0.25, -0.2) is 4.68 Å². The molecule has 22 heavy (non-hydrogen) atoms. The van der Waals surface area contributed by atoms with Crippen LogP contribution in [0.5, 0.6) is 0 Å². The van der Waals surface area contributed by atoms with Gasteiger partial charge in [-0.2, -0.15) is 5.10 Å². The highest BCUT2D eigenvalue weighted by molar-refractivity contribution is 5.84. The van der Waals surface area contributed by atoms with E-state index < -0.39 is 0 Å². The third-order valence-corrected chi connectivity index (χ3v) is 4.16. The van der Waals surface area contributed by atoms with E-state index in [0.29, 0.717) is 6.54 Å². The van der Waals surface area contributed by atoms with E-state index in [4.69, 9.17) is 0 Å². The molecule has 0 aliphatic rings. The molecule has 0 spiro atoms. The van der Waals surface area contributed by atoms with E-state index in [2.05, 4.69) is 18.1 Å². The summed E-state index contributed by atoms with van der Waals surface area (Å²) in [6.45, 7) is 6.41. The molecule has 4 heteroatoms. The van der Waals surface area contributed by atoms with E-state index in [1.165, 1.54) is 5.56 Å². The molecule has 0 unspecified atom stereocenters. The molecule has 2 heterocycles. The van der Waals surface area contributed by atoms with Gasteiger partial charge in [0.05, 0.1) is 5.69 Å². The van der Waals surface area contributed by atoms with Crippen molar-refractivity contribution in [2.24, 2.45) is 0 Å². The highest BCUT2D eigenvalue weighted by Crippen LogP contribution is 2.17. The normalized spacial score (nSPS) is 11.2. The molecule has 114 valence electrons. The van der Waals surface area contributed by atoms with Crippen LogP contribution >= 0.6 is 0 Å². The van der Waals surface area contributed by atoms with Crippen LogP contribution in [0.2, 0.25) is 0 Å². The van der Waals surface area contributed by atoms with Crippen molar-refractivity contribution >= 4 is 16.8 Å². The summed E-state index contributed by atoms with van der Waals surface area (Å²) in [5.41, 5.74) is 4.21. The quantitative estimate of drug-likeness (QED) is 0.735. The summed E-state index contributed by atoms with van der Waals surface area (Å²) >= 11 is 0. The molecule has 1 aromatic carbocycles. The molecule has 2 aromatic heterocycles. The number of aromatic nitrogens is 3. The number of nitrogens with zero attached hydrogens (tertiary/aromatic N) is 3. The largest absolute Gasteiger partial charge is 0.338 e. The fraction of sp³-hybridized carbons (Fsp3) is 0.333. The molecule has 0 aliphatic carbocycles. The van der Waals surface area contributed by atoms with E-state index in [0.717, 1.165) is 35.1 Å². The Bertz CT molecular complexity index is 826. The van der Waals surface area contributed by atoms with Gasteiger partial charge in [0.15, 0.2) is 0 Å². The van der Waals surface area contributed by atoms with Crippen molar-refractivity contribution in [3.8, 4) is 0 Å². The topological polar surface area (TPSA) is 39.8 Å². The molecular formula is C18H21N3O. The van der Waals surface area contributed by atoms with Crippen LogP contribution in [-0.4, -0.2) is 20.3 Å². The van der Waals surface area contributed by atoms with Gasteiger partial charge in [0.2, 0.25) is 0 Å². The lowest BCUT2D eigenvalue weighted by molar-refractivity contribution is 0.0874. The van der Waals surface area contributed by atoms with Crippen molar-refractivity contribution in [1.82, 2.24) is 14.3 Å². The summed E-state index contributed by atoms with van der Waals surface area (Å²) in [5.74, 6) is 0.00399. The monoisotopic (exact) mass is 295 g/mol. The molecule has 0 atom stereocenters. The van der Waals surface area contributed by atoms with E-state index in [-0.39, 0.29) is 5.91 Å². The number of carbonyl (C=O) groups is 1. The lowest BCUT2D eigenvalue weighted by Gasteiger charge is -2.07. The molecule has 0 bridgehead atoms. The summed E-state index contributed by atoms with van der Waals surface area (Å²) in [6.07, 6.45) is 3.99. The molecule has 0 saturated heterocycles. The van der Waals surface area contributed by atoms with Gasteiger partial charge < -0.3 is 4.57 Å². The van der Waals surface area contributed by atoms with Gasteiger partial charge in [-0.3, -0.25) is 4.79 Å². The third-order valence-electron chi connectivity index (χ3n) is 4.16. The highest BCUT2D eigenvalue weighted by atomic mass is 16.2. The Balaban J connectivity index is 1.90. The second-order valence-electron chi connectivity index (χ2n) is 5.71. The number of carbonyl (C=O) groups excluding carboxylic acids is 1. The Hall–Kier alpha value is -2.36. The molecule has 0 fully saturated rings. The minimum atomic E-state index is 0.00399. The molecule has 0 aliphatic heterocycles. The molecule has 0 N–H and O–H groups in total. The molecule has 0 amide bonds. The Morgan fingerprint density at radius 3 is 2.73 bits per heavy atom. The Labute approximate surface area is 130 Å². The maximum atomic E-state index is 12.6. The lowest BCUT2D eigenvalue weighted by Crippen LogP contribution is -2.20. The average molecular weight is 295 g/mol. The second kappa shape index (κ2) is 5.79. The van der Waals surface area contributed by atoms with Crippen LogP contribution in [-0.2, 0) is 13.0 Å². The first-order chi connectivity index (χ1) is 10.6. The summed E-state index contributed by atoms with van der Waals surface area (Å²) in [5, 5.41) is 5.59. The molecule has 0 radical (unpaired) electrons. The second-order valence-corrected chi connectivity index (χ2v) is 5.71. The van der Waals surface area contributed by atoms with E-state index in [1.807, 2.05) is 48.9 Å². The van der Waals surface area contributed by atoms with Crippen LogP contribution in [0.15, 0.2) is 36.5 Å². The van der Waals surface area contributed by atoms with Gasteiger partial charge in [0.25, 0.3) is 5.91 Å². The van der Waals surface area contributed by atoms with E-state index in [9.17, 15) is 4.79 Å². The van der Waals surface area contributed by atoms with Gasteiger partial charge in [-0.1, -0.05) is 31.5 Å². The van der Waals surface area contributed by atoms with Crippen LogP contribution in [0.25, 0.3) is 10.9 Å². The number of fused-ring (bicyclic) bond motifs is 1. The van der Waals surface area contributed by atoms with E-state index in [1.54, 1.807) is 4.68 Å². The highest BCUT2D eigenvalue weighted by Gasteiger charge is 2.16. The van der Waals surface area contributed by atoms with Crippen LogP contribution in [0.1, 0.15) is 35.1 Å². The first kappa shape index (κ1) is 14.6. The van der Waals surface area contributed by atoms with Crippen molar-refractivity contribution in [1.29, 1.82) is 0 Å². The van der Waals surface area contributed by atoms with Crippen molar-refractivity contribution in [2.75, 3.05) is 0 Å². The molecule has 0 saturated carbocycles. The number of benzene rings is 1. The Morgan fingerprint density at radius 2 is 1.95 bits per heavy atom. The maximum absolute atomic E-state index is 12.6. The van der Waals surface area contributed by atoms with Crippen LogP contribution in [0, 0.1) is 13.8 Å². The Kier molecular flexibility index (Phi) is 3.84. The van der Waals surface area contributed by atoms with Crippen molar-refractivity contribution in [2.45, 2.75) is 40.2 Å². The lowest BCUT2D eigenvalue weighted by atomic mass is 10.1. The predicted octanol–water partition coefficient (Wildman–Crippen LogP) is 3.75. The maximum Gasteiger partial charge on any atom is 0.267 e. The Morgan fingerprint density at radius 1 is 1.18 bits per heavy atom. The minimum absolute atomic E-state index is 0.00399.